The van der Waals surface area contributed by atoms with E-state index in [1.54, 1.807) is 6.07 Å². The second-order valence-corrected chi connectivity index (χ2v) is 7.81. The van der Waals surface area contributed by atoms with Gasteiger partial charge in [0.25, 0.3) is 0 Å². The fourth-order valence-corrected chi connectivity index (χ4v) is 4.57. The zero-order valence-electron chi connectivity index (χ0n) is 13.2. The molecular formula is C17H16Cl2F3N3. The largest absolute Gasteiger partial charge is 0.435 e. The molecule has 2 fully saturated rings. The van der Waals surface area contributed by atoms with Crippen LogP contribution in [0.5, 0.6) is 0 Å². The van der Waals surface area contributed by atoms with Gasteiger partial charge in [0, 0.05) is 30.1 Å². The second kappa shape index (κ2) is 5.63. The third-order valence-corrected chi connectivity index (χ3v) is 6.33. The first-order valence-corrected chi connectivity index (χ1v) is 8.78. The fraction of sp³-hybridized carbons (Fsp3) is 0.471. The van der Waals surface area contributed by atoms with E-state index in [0.717, 1.165) is 37.6 Å². The lowest BCUT2D eigenvalue weighted by atomic mass is 9.81. The molecule has 0 radical (unpaired) electrons. The zero-order valence-corrected chi connectivity index (χ0v) is 14.7. The van der Waals surface area contributed by atoms with Crippen LogP contribution in [-0.4, -0.2) is 22.9 Å². The van der Waals surface area contributed by atoms with E-state index in [2.05, 4.69) is 10.4 Å². The lowest BCUT2D eigenvalue weighted by Crippen LogP contribution is -2.41. The number of hydrogen-bond acceptors (Lipinski definition) is 2. The van der Waals surface area contributed by atoms with Crippen molar-refractivity contribution in [2.45, 2.75) is 31.0 Å². The van der Waals surface area contributed by atoms with Gasteiger partial charge in [0.15, 0.2) is 5.69 Å². The minimum Gasteiger partial charge on any atom is -0.316 e. The Hall–Kier alpha value is -1.24. The van der Waals surface area contributed by atoms with E-state index in [9.17, 15) is 13.2 Å². The molecule has 1 aliphatic heterocycles. The van der Waals surface area contributed by atoms with Gasteiger partial charge in [-0.15, -0.1) is 0 Å². The average molecular weight is 390 g/mol. The molecule has 0 bridgehead atoms. The molecule has 2 atom stereocenters. The number of nitrogens with one attached hydrogen (secondary N) is 1. The number of benzene rings is 1. The molecule has 8 heteroatoms. The topological polar surface area (TPSA) is 29.9 Å². The van der Waals surface area contributed by atoms with Crippen molar-refractivity contribution in [2.24, 2.45) is 5.41 Å². The molecule has 25 heavy (non-hydrogen) atoms. The lowest BCUT2D eigenvalue weighted by Gasteiger charge is -2.32. The number of aromatic nitrogens is 2. The van der Waals surface area contributed by atoms with Gasteiger partial charge in [-0.25, -0.2) is 0 Å². The van der Waals surface area contributed by atoms with Gasteiger partial charge in [0.1, 0.15) is 0 Å². The normalized spacial score (nSPS) is 28.7. The van der Waals surface area contributed by atoms with Crippen LogP contribution in [0.4, 0.5) is 13.2 Å². The van der Waals surface area contributed by atoms with Crippen LogP contribution in [0, 0.1) is 5.41 Å². The van der Waals surface area contributed by atoms with E-state index in [0.29, 0.717) is 16.6 Å². The maximum absolute atomic E-state index is 12.8. The molecular weight excluding hydrogens is 374 g/mol. The van der Waals surface area contributed by atoms with Crippen LogP contribution >= 0.6 is 23.2 Å². The Labute approximate surface area is 153 Å². The van der Waals surface area contributed by atoms with Crippen molar-refractivity contribution in [3.8, 4) is 0 Å². The van der Waals surface area contributed by atoms with Crippen molar-refractivity contribution < 1.29 is 13.2 Å². The summed E-state index contributed by atoms with van der Waals surface area (Å²) in [6.07, 6.45) is -1.20. The molecule has 134 valence electrons. The monoisotopic (exact) mass is 389 g/mol. The van der Waals surface area contributed by atoms with Gasteiger partial charge >= 0.3 is 6.18 Å². The van der Waals surface area contributed by atoms with E-state index in [1.807, 2.05) is 12.1 Å². The van der Waals surface area contributed by atoms with Crippen LogP contribution in [0.25, 0.3) is 0 Å². The predicted octanol–water partition coefficient (Wildman–Crippen LogP) is 4.53. The molecule has 0 spiro atoms. The van der Waals surface area contributed by atoms with Crippen molar-refractivity contribution in [3.63, 3.8) is 0 Å². The SMILES string of the molecule is FC(F)(F)c1ccn(C[C@]23CNCC[C@@]2(c2ccc(Cl)c(Cl)c2)C3)n1. The number of alkyl halides is 3. The molecule has 2 heterocycles. The van der Waals surface area contributed by atoms with Crippen LogP contribution in [0.15, 0.2) is 30.5 Å². The highest BCUT2D eigenvalue weighted by atomic mass is 35.5. The highest BCUT2D eigenvalue weighted by Gasteiger charge is 2.68. The van der Waals surface area contributed by atoms with E-state index in [1.165, 1.54) is 10.9 Å². The van der Waals surface area contributed by atoms with Crippen LogP contribution in [0.1, 0.15) is 24.1 Å². The lowest BCUT2D eigenvalue weighted by molar-refractivity contribution is -0.141. The molecule has 3 nitrogen and oxygen atoms in total. The Kier molecular flexibility index (Phi) is 3.87. The molecule has 2 aromatic rings. The second-order valence-electron chi connectivity index (χ2n) is 6.99. The third-order valence-electron chi connectivity index (χ3n) is 5.59. The number of rotatable bonds is 3. The zero-order chi connectivity index (χ0) is 17.9. The summed E-state index contributed by atoms with van der Waals surface area (Å²) < 4.78 is 39.8. The maximum Gasteiger partial charge on any atom is 0.435 e. The number of piperidine rings is 1. The number of halogens is 5. The summed E-state index contributed by atoms with van der Waals surface area (Å²) in [5.41, 5.74) is 0.00811. The van der Waals surface area contributed by atoms with Gasteiger partial charge in [-0.1, -0.05) is 29.3 Å². The first-order valence-electron chi connectivity index (χ1n) is 8.03. The molecule has 1 N–H and O–H groups in total. The minimum absolute atomic E-state index is 0.0865. The molecule has 4 rings (SSSR count). The van der Waals surface area contributed by atoms with E-state index >= 15 is 0 Å². The van der Waals surface area contributed by atoms with Crippen molar-refractivity contribution in [1.82, 2.24) is 15.1 Å². The summed E-state index contributed by atoms with van der Waals surface area (Å²) in [6.45, 7) is 2.06. The quantitative estimate of drug-likeness (QED) is 0.835. The highest BCUT2D eigenvalue weighted by Crippen LogP contribution is 2.68. The molecule has 1 saturated heterocycles. The summed E-state index contributed by atoms with van der Waals surface area (Å²) in [7, 11) is 0. The summed E-state index contributed by atoms with van der Waals surface area (Å²) in [6, 6.07) is 6.68. The Morgan fingerprint density at radius 1 is 1.20 bits per heavy atom. The molecule has 0 amide bonds. The predicted molar refractivity (Wildman–Crippen MR) is 89.9 cm³/mol. The number of hydrogen-bond donors (Lipinski definition) is 1. The van der Waals surface area contributed by atoms with Crippen molar-refractivity contribution in [2.75, 3.05) is 13.1 Å². The van der Waals surface area contributed by atoms with Gasteiger partial charge in [-0.05, 0) is 43.1 Å². The van der Waals surface area contributed by atoms with Gasteiger partial charge < -0.3 is 5.32 Å². The van der Waals surface area contributed by atoms with E-state index in [4.69, 9.17) is 23.2 Å². The first kappa shape index (κ1) is 17.2. The molecule has 0 unspecified atom stereocenters. The summed E-state index contributed by atoms with van der Waals surface area (Å²) in [4.78, 5) is 0. The van der Waals surface area contributed by atoms with Gasteiger partial charge in [0.2, 0.25) is 0 Å². The molecule has 1 saturated carbocycles. The van der Waals surface area contributed by atoms with Gasteiger partial charge in [-0.2, -0.15) is 18.3 Å². The molecule has 1 aliphatic carbocycles. The van der Waals surface area contributed by atoms with Gasteiger partial charge in [-0.3, -0.25) is 4.68 Å². The minimum atomic E-state index is -4.42. The van der Waals surface area contributed by atoms with Crippen LogP contribution in [0.3, 0.4) is 0 Å². The van der Waals surface area contributed by atoms with Crippen molar-refractivity contribution >= 4 is 23.2 Å². The molecule has 1 aromatic carbocycles. The number of fused-ring (bicyclic) bond motifs is 1. The highest BCUT2D eigenvalue weighted by molar-refractivity contribution is 6.42. The first-order chi connectivity index (χ1) is 11.8. The third kappa shape index (κ3) is 2.75. The average Bonchev–Trinajstić information content (AvgIpc) is 2.98. The Morgan fingerprint density at radius 2 is 2.00 bits per heavy atom. The van der Waals surface area contributed by atoms with Gasteiger partial charge in [0.05, 0.1) is 10.0 Å². The molecule has 2 aliphatic rings. The Morgan fingerprint density at radius 3 is 2.68 bits per heavy atom. The summed E-state index contributed by atoms with van der Waals surface area (Å²) in [5, 5.41) is 8.10. The summed E-state index contributed by atoms with van der Waals surface area (Å²) >= 11 is 12.2. The summed E-state index contributed by atoms with van der Waals surface area (Å²) in [5.74, 6) is 0. The fourth-order valence-electron chi connectivity index (χ4n) is 4.27. The Bertz CT molecular complexity index is 820. The van der Waals surface area contributed by atoms with E-state index < -0.39 is 11.9 Å². The maximum atomic E-state index is 12.8. The van der Waals surface area contributed by atoms with Crippen molar-refractivity contribution in [3.05, 3.63) is 51.8 Å². The van der Waals surface area contributed by atoms with Crippen LogP contribution < -0.4 is 5.32 Å². The van der Waals surface area contributed by atoms with Crippen molar-refractivity contribution in [1.29, 1.82) is 0 Å². The van der Waals surface area contributed by atoms with Crippen LogP contribution in [-0.2, 0) is 18.1 Å². The smallest absolute Gasteiger partial charge is 0.316 e. The molecule has 1 aromatic heterocycles. The number of nitrogens with zero attached hydrogens (tertiary/aromatic N) is 2. The van der Waals surface area contributed by atoms with Crippen LogP contribution in [0.2, 0.25) is 10.0 Å². The van der Waals surface area contributed by atoms with E-state index in [-0.39, 0.29) is 10.8 Å². The standard InChI is InChI=1S/C17H16Cl2F3N3/c18-12-2-1-11(7-13(12)19)16-4-5-23-9-15(16,8-16)10-25-6-3-14(24-25)17(20,21)22/h1-3,6-7,23H,4-5,8-10H2/t15-,16-/m0/s1. The Balaban J connectivity index is 1.64.